The Bertz CT molecular complexity index is 3840. The summed E-state index contributed by atoms with van der Waals surface area (Å²) in [6.07, 6.45) is 2.56. The van der Waals surface area contributed by atoms with Crippen molar-refractivity contribution in [1.29, 1.82) is 0 Å². The number of nitrogens with zero attached hydrogens (tertiary/aromatic N) is 2. The van der Waals surface area contributed by atoms with Gasteiger partial charge >= 0.3 is 0 Å². The number of para-hydroxylation sites is 2. The fraction of sp³-hybridized carbons (Fsp3) is 0.431. The number of methoxy groups -OCH3 is 1. The average molecular weight is 1310 g/mol. The Labute approximate surface area is 533 Å². The molecule has 4 heterocycles. The predicted octanol–water partition coefficient (Wildman–Crippen LogP) is 8.33. The molecule has 0 saturated carbocycles. The Morgan fingerprint density at radius 2 is 1.30 bits per heavy atom. The second kappa shape index (κ2) is 28.9. The number of Topliss-reactive ketones (excluding diaryl/α,β-unsaturated/α-hetero) is 2. The first-order valence-electron chi connectivity index (χ1n) is 29.7. The van der Waals surface area contributed by atoms with Crippen molar-refractivity contribution >= 4 is 100.0 Å². The maximum atomic E-state index is 14.5. The summed E-state index contributed by atoms with van der Waals surface area (Å²) in [5.74, 6) is -1.14. The summed E-state index contributed by atoms with van der Waals surface area (Å²) in [6.45, 7) is 5.26. The fourth-order valence-electron chi connectivity index (χ4n) is 11.9. The molecule has 0 radical (unpaired) electrons. The van der Waals surface area contributed by atoms with Gasteiger partial charge in [-0.3, -0.25) is 41.9 Å². The van der Waals surface area contributed by atoms with E-state index >= 15 is 0 Å². The van der Waals surface area contributed by atoms with Gasteiger partial charge in [0, 0.05) is 83.9 Å². The Morgan fingerprint density at radius 3 is 1.98 bits per heavy atom. The van der Waals surface area contributed by atoms with Crippen LogP contribution in [0.1, 0.15) is 125 Å². The third-order valence-corrected chi connectivity index (χ3v) is 23.4. The van der Waals surface area contributed by atoms with Crippen LogP contribution in [0.25, 0.3) is 0 Å². The van der Waals surface area contributed by atoms with Gasteiger partial charge < -0.3 is 40.0 Å². The topological polar surface area (TPSA) is 276 Å². The first kappa shape index (κ1) is 67.1. The second-order valence-corrected chi connectivity index (χ2v) is 30.3. The van der Waals surface area contributed by atoms with Gasteiger partial charge in [-0.2, -0.15) is 16.8 Å². The minimum absolute atomic E-state index is 0.0135. The summed E-state index contributed by atoms with van der Waals surface area (Å²) in [5, 5.41) is 5.36. The van der Waals surface area contributed by atoms with Crippen LogP contribution in [0.3, 0.4) is 0 Å². The molecular weight excluding hydrogens is 1240 g/mol. The van der Waals surface area contributed by atoms with E-state index < -0.39 is 60.3 Å². The molecular formula is C65H75N5O16S4. The molecule has 480 valence electrons. The van der Waals surface area contributed by atoms with E-state index in [1.165, 1.54) is 35.7 Å². The minimum atomic E-state index is -4.14. The van der Waals surface area contributed by atoms with Gasteiger partial charge in [-0.05, 0) is 159 Å². The van der Waals surface area contributed by atoms with Crippen molar-refractivity contribution in [3.8, 4) is 17.2 Å². The lowest BCUT2D eigenvalue weighted by Crippen LogP contribution is -2.47. The fourth-order valence-corrected chi connectivity index (χ4v) is 17.0. The van der Waals surface area contributed by atoms with Crippen LogP contribution < -0.4 is 40.0 Å². The number of hydrogen-bond acceptors (Lipinski definition) is 18. The molecule has 0 saturated heterocycles. The lowest BCUT2D eigenvalue weighted by Gasteiger charge is -2.28. The molecule has 2 unspecified atom stereocenters. The van der Waals surface area contributed by atoms with E-state index in [2.05, 4.69) is 26.2 Å². The number of carbonyl (C=O) groups excluding carboxylic acids is 7. The third kappa shape index (κ3) is 15.7. The van der Waals surface area contributed by atoms with Crippen LogP contribution in [0, 0.1) is 6.92 Å². The molecule has 0 bridgehead atoms. The summed E-state index contributed by atoms with van der Waals surface area (Å²) >= 11 is 0. The molecule has 4 atom stereocenters. The number of nitrogens with one attached hydrogen (secondary N) is 3. The predicted molar refractivity (Wildman–Crippen MR) is 344 cm³/mol. The van der Waals surface area contributed by atoms with E-state index in [4.69, 9.17) is 18.4 Å². The molecule has 5 aromatic carbocycles. The Balaban J connectivity index is 0.838. The number of fused-ring (bicyclic) bond motifs is 8. The van der Waals surface area contributed by atoms with Crippen molar-refractivity contribution in [3.63, 3.8) is 0 Å². The Morgan fingerprint density at radius 1 is 0.678 bits per heavy atom. The van der Waals surface area contributed by atoms with E-state index in [-0.39, 0.29) is 93.1 Å². The summed E-state index contributed by atoms with van der Waals surface area (Å²) in [5.41, 5.74) is 7.93. The number of rotatable bonds is 29. The molecule has 21 nitrogen and oxygen atoms in total. The van der Waals surface area contributed by atoms with Crippen LogP contribution in [0.15, 0.2) is 91.0 Å². The van der Waals surface area contributed by atoms with Gasteiger partial charge in [0.25, 0.3) is 32.1 Å². The molecule has 90 heavy (non-hydrogen) atoms. The van der Waals surface area contributed by atoms with Crippen molar-refractivity contribution in [2.45, 2.75) is 138 Å². The lowest BCUT2D eigenvalue weighted by atomic mass is 9.97. The van der Waals surface area contributed by atoms with Crippen LogP contribution in [0.5, 0.6) is 17.2 Å². The Kier molecular flexibility index (Phi) is 21.6. The van der Waals surface area contributed by atoms with Crippen molar-refractivity contribution in [2.75, 3.05) is 55.8 Å². The summed E-state index contributed by atoms with van der Waals surface area (Å²) in [7, 11) is -0.379. The molecule has 25 heteroatoms. The molecule has 0 fully saturated rings. The van der Waals surface area contributed by atoms with E-state index in [9.17, 15) is 50.4 Å². The number of benzene rings is 5. The van der Waals surface area contributed by atoms with Gasteiger partial charge in [0.2, 0.25) is 17.7 Å². The Hall–Kier alpha value is -7.29. The van der Waals surface area contributed by atoms with E-state index in [0.29, 0.717) is 87.0 Å². The van der Waals surface area contributed by atoms with Gasteiger partial charge in [-0.25, -0.2) is 0 Å². The first-order valence-corrected chi connectivity index (χ1v) is 35.0. The smallest absolute Gasteiger partial charge is 0.279 e. The van der Waals surface area contributed by atoms with Crippen LogP contribution in [0.4, 0.5) is 17.1 Å². The van der Waals surface area contributed by atoms with E-state index in [0.717, 1.165) is 49.4 Å². The van der Waals surface area contributed by atoms with Crippen LogP contribution in [-0.2, 0) is 91.5 Å². The van der Waals surface area contributed by atoms with Crippen molar-refractivity contribution < 1.29 is 73.0 Å². The van der Waals surface area contributed by atoms with E-state index in [1.807, 2.05) is 73.3 Å². The average Bonchev–Trinajstić information content (AvgIpc) is 1.60. The molecule has 4 aliphatic rings. The summed E-state index contributed by atoms with van der Waals surface area (Å²) < 4.78 is 79.8. The van der Waals surface area contributed by atoms with Crippen LogP contribution >= 0.6 is 21.6 Å². The SMILES string of the molecule is CNC(=O)C(CCSSC(C)(C)CCC(=O)CCC(=O)NCC(=O)CCC(=O)Nc1cc(COc2cc3c(cc2C)C(=O)N2c4ccccc4C[C@H]2C(S(=O)(=O)OC)C3)cc(COc2cc3c(cc2OC)C(=O)N2c4ccccc4C[C@H]2CC3)c1)S(=O)(=O)OC. The second-order valence-electron chi connectivity index (χ2n) is 23.3. The summed E-state index contributed by atoms with van der Waals surface area (Å²) in [4.78, 5) is 96.5. The molecule has 5 aromatic rings. The number of aryl methyl sites for hydroxylation is 2. The highest BCUT2D eigenvalue weighted by atomic mass is 33.1. The number of hydrogen-bond donors (Lipinski definition) is 3. The monoisotopic (exact) mass is 1310 g/mol. The maximum absolute atomic E-state index is 14.5. The number of ether oxygens (including phenoxy) is 3. The highest BCUT2D eigenvalue weighted by molar-refractivity contribution is 8.77. The number of amides is 5. The zero-order chi connectivity index (χ0) is 64.7. The normalized spacial score (nSPS) is 17.1. The van der Waals surface area contributed by atoms with Gasteiger partial charge in [0.1, 0.15) is 30.0 Å². The van der Waals surface area contributed by atoms with Crippen LogP contribution in [0.2, 0.25) is 0 Å². The van der Waals surface area contributed by atoms with Crippen molar-refractivity contribution in [1.82, 2.24) is 10.6 Å². The zero-order valence-electron chi connectivity index (χ0n) is 51.3. The zero-order valence-corrected chi connectivity index (χ0v) is 54.6. The molecule has 0 spiro atoms. The van der Waals surface area contributed by atoms with Gasteiger partial charge in [-0.15, -0.1) is 0 Å². The lowest BCUT2D eigenvalue weighted by molar-refractivity contribution is -0.127. The molecule has 9 rings (SSSR count). The van der Waals surface area contributed by atoms with Crippen LogP contribution in [-0.4, -0.2) is 126 Å². The summed E-state index contributed by atoms with van der Waals surface area (Å²) in [6, 6.07) is 26.9. The van der Waals surface area contributed by atoms with E-state index in [1.54, 1.807) is 42.2 Å². The number of carbonyl (C=O) groups is 7. The molecule has 0 aliphatic carbocycles. The third-order valence-electron chi connectivity index (χ3n) is 16.7. The highest BCUT2D eigenvalue weighted by Gasteiger charge is 2.48. The minimum Gasteiger partial charge on any atom is -0.493 e. The van der Waals surface area contributed by atoms with Gasteiger partial charge in [0.15, 0.2) is 22.5 Å². The largest absolute Gasteiger partial charge is 0.493 e. The molecule has 4 aliphatic heterocycles. The molecule has 0 aromatic heterocycles. The van der Waals surface area contributed by atoms with Crippen molar-refractivity contribution in [2.24, 2.45) is 0 Å². The van der Waals surface area contributed by atoms with Gasteiger partial charge in [-0.1, -0.05) is 58.0 Å². The quantitative estimate of drug-likeness (QED) is 0.0230. The van der Waals surface area contributed by atoms with Crippen molar-refractivity contribution in [3.05, 3.63) is 141 Å². The first-order chi connectivity index (χ1) is 42.9. The number of ketones is 2. The maximum Gasteiger partial charge on any atom is 0.279 e. The molecule has 3 N–H and O–H groups in total. The highest BCUT2D eigenvalue weighted by Crippen LogP contribution is 2.44. The molecule has 5 amide bonds. The van der Waals surface area contributed by atoms with Gasteiger partial charge in [0.05, 0.1) is 33.9 Å². The number of anilines is 3. The standard InChI is InChI=1S/C65H75N5O16S4/c1-39-26-50-45(34-59(90(80,81)84-7)54-31-44-13-9-11-15-53(44)70(54)64(50)77)33-55(39)85-37-40-27-41(38-86-57-32-42-16-17-47-30-43-12-8-10-14-52(43)69(47)63(76)51(42)35-56(57)82-5)29-46(28-40)68-61(74)21-19-49(72)36-67-60(73)20-18-48(71)22-24-65(2,3)88-87-25-23-58(62(75)66-4)89(78,79)83-6/h8-15,26-29,32-33,35,47,54,58-59H,16-25,30-31,34,36-38H2,1-7H3,(H,66,75)(H,67,73)(H,68,74)/t47-,54+,58?,59?/m1/s1.